The van der Waals surface area contributed by atoms with Gasteiger partial charge in [0.2, 0.25) is 0 Å². The van der Waals surface area contributed by atoms with Gasteiger partial charge < -0.3 is 20.7 Å². The molecule has 0 fully saturated rings. The van der Waals surface area contributed by atoms with Gasteiger partial charge in [-0.15, -0.1) is 0 Å². The maximum Gasteiger partial charge on any atom is 0.340 e. The van der Waals surface area contributed by atoms with E-state index < -0.39 is 24.1 Å². The smallest absolute Gasteiger partial charge is 0.340 e. The molecule has 0 bridgehead atoms. The zero-order chi connectivity index (χ0) is 18.3. The highest BCUT2D eigenvalue weighted by atomic mass is 16.5. The number of nitrogens with two attached hydrogens (primary N) is 1. The molecule has 2 aromatic rings. The quantitative estimate of drug-likeness (QED) is 0.584. The number of benzene rings is 2. The zero-order valence-electron chi connectivity index (χ0n) is 14.0. The lowest BCUT2D eigenvalue weighted by molar-refractivity contribution is -0.142. The number of esters is 1. The van der Waals surface area contributed by atoms with E-state index in [-0.39, 0.29) is 5.92 Å². The van der Waals surface area contributed by atoms with Crippen molar-refractivity contribution in [3.63, 3.8) is 0 Å². The van der Waals surface area contributed by atoms with E-state index >= 15 is 0 Å². The number of carboxylic acid groups (broad SMARTS) is 1. The second kappa shape index (κ2) is 9.00. The number of rotatable bonds is 4. The van der Waals surface area contributed by atoms with Crippen LogP contribution < -0.4 is 10.5 Å². The van der Waals surface area contributed by atoms with E-state index in [0.29, 0.717) is 5.75 Å². The maximum absolute atomic E-state index is 11.2. The van der Waals surface area contributed by atoms with Crippen molar-refractivity contribution in [1.82, 2.24) is 0 Å². The Balaban J connectivity index is 0.000000307. The largest absolute Gasteiger partial charge is 0.480 e. The second-order valence-electron chi connectivity index (χ2n) is 5.71. The van der Waals surface area contributed by atoms with Crippen molar-refractivity contribution < 1.29 is 24.5 Å². The molecule has 0 spiro atoms. The molecule has 0 aliphatic carbocycles. The maximum atomic E-state index is 11.2. The molecule has 130 valence electrons. The Morgan fingerprint density at radius 1 is 1.04 bits per heavy atom. The molecule has 0 aliphatic heterocycles. The van der Waals surface area contributed by atoms with Gasteiger partial charge in [0.25, 0.3) is 0 Å². The molecule has 6 heteroatoms. The Bertz CT molecular complexity index is 697. The summed E-state index contributed by atoms with van der Waals surface area (Å²) in [5.41, 5.74) is 5.16. The Morgan fingerprint density at radius 3 is 2.08 bits per heavy atom. The van der Waals surface area contributed by atoms with Crippen LogP contribution >= 0.6 is 0 Å². The third kappa shape index (κ3) is 5.98. The summed E-state index contributed by atoms with van der Waals surface area (Å²) in [7, 11) is 0. The lowest BCUT2D eigenvalue weighted by atomic mass is 10.1. The molecule has 6 nitrogen and oxygen atoms in total. The molecule has 2 aromatic carbocycles. The average molecular weight is 333 g/mol. The van der Waals surface area contributed by atoms with E-state index in [2.05, 4.69) is 0 Å². The molecule has 0 aliphatic rings. The number of hydrogen-bond acceptors (Lipinski definition) is 5. The topological polar surface area (TPSA) is 110 Å². The molecule has 0 saturated carbocycles. The van der Waals surface area contributed by atoms with E-state index in [1.54, 1.807) is 26.0 Å². The minimum Gasteiger partial charge on any atom is -0.480 e. The van der Waals surface area contributed by atoms with E-state index in [0.717, 1.165) is 10.8 Å². The summed E-state index contributed by atoms with van der Waals surface area (Å²) in [6.07, 6.45) is -1.11. The number of aliphatic hydroxyl groups excluding tert-OH is 1. The van der Waals surface area contributed by atoms with Gasteiger partial charge in [-0.1, -0.05) is 44.2 Å². The van der Waals surface area contributed by atoms with Crippen LogP contribution in [-0.4, -0.2) is 34.3 Å². The third-order valence-corrected chi connectivity index (χ3v) is 3.28. The third-order valence-electron chi connectivity index (χ3n) is 3.28. The highest BCUT2D eigenvalue weighted by molar-refractivity contribution is 5.85. The molecule has 0 heterocycles. The minimum atomic E-state index is -1.11. The molecule has 24 heavy (non-hydrogen) atoms. The SMILES string of the molecule is CC(C)[C@H](N)C(=O)O.CC(O)C(=O)Oc1ccc2ccccc2c1. The summed E-state index contributed by atoms with van der Waals surface area (Å²) in [6.45, 7) is 4.93. The van der Waals surface area contributed by atoms with Crippen LogP contribution in [0.4, 0.5) is 0 Å². The monoisotopic (exact) mass is 333 g/mol. The number of carbonyl (C=O) groups excluding carboxylic acids is 1. The molecule has 2 rings (SSSR count). The first-order valence-electron chi connectivity index (χ1n) is 7.59. The summed E-state index contributed by atoms with van der Waals surface area (Å²) in [6, 6.07) is 12.4. The highest BCUT2D eigenvalue weighted by Crippen LogP contribution is 2.20. The predicted octanol–water partition coefficient (Wildman–Crippen LogP) is 2.18. The first-order chi connectivity index (χ1) is 11.2. The number of carbonyl (C=O) groups is 2. The van der Waals surface area contributed by atoms with E-state index in [4.69, 9.17) is 20.7 Å². The first kappa shape index (κ1) is 19.6. The van der Waals surface area contributed by atoms with E-state index in [1.165, 1.54) is 6.92 Å². The van der Waals surface area contributed by atoms with Crippen LogP contribution in [0.3, 0.4) is 0 Å². The van der Waals surface area contributed by atoms with E-state index in [9.17, 15) is 9.59 Å². The van der Waals surface area contributed by atoms with Crippen molar-refractivity contribution in [2.45, 2.75) is 32.9 Å². The van der Waals surface area contributed by atoms with Crippen LogP contribution in [0.15, 0.2) is 42.5 Å². The lowest BCUT2D eigenvalue weighted by Crippen LogP contribution is -2.34. The molecular formula is C18H23NO5. The summed E-state index contributed by atoms with van der Waals surface area (Å²) in [4.78, 5) is 21.2. The number of hydrogen-bond donors (Lipinski definition) is 3. The van der Waals surface area contributed by atoms with Gasteiger partial charge in [0, 0.05) is 0 Å². The Labute approximate surface area is 140 Å². The Kier molecular flexibility index (Phi) is 7.35. The van der Waals surface area contributed by atoms with Gasteiger partial charge in [0.05, 0.1) is 0 Å². The van der Waals surface area contributed by atoms with Crippen molar-refractivity contribution >= 4 is 22.7 Å². The Hall–Kier alpha value is -2.44. The van der Waals surface area contributed by atoms with Gasteiger partial charge >= 0.3 is 11.9 Å². The van der Waals surface area contributed by atoms with Gasteiger partial charge in [0.15, 0.2) is 0 Å². The van der Waals surface area contributed by atoms with Gasteiger partial charge in [0.1, 0.15) is 17.9 Å². The highest BCUT2D eigenvalue weighted by Gasteiger charge is 2.14. The molecule has 1 unspecified atom stereocenters. The summed E-state index contributed by atoms with van der Waals surface area (Å²) < 4.78 is 4.99. The minimum absolute atomic E-state index is 0.0208. The molecule has 0 radical (unpaired) electrons. The molecular weight excluding hydrogens is 310 g/mol. The van der Waals surface area contributed by atoms with Crippen LogP contribution in [-0.2, 0) is 9.59 Å². The lowest BCUT2D eigenvalue weighted by Gasteiger charge is -2.07. The molecule has 2 atom stereocenters. The number of fused-ring (bicyclic) bond motifs is 1. The van der Waals surface area contributed by atoms with Gasteiger partial charge in [-0.25, -0.2) is 4.79 Å². The molecule has 4 N–H and O–H groups in total. The van der Waals surface area contributed by atoms with Gasteiger partial charge in [-0.3, -0.25) is 4.79 Å². The van der Waals surface area contributed by atoms with E-state index in [1.807, 2.05) is 30.3 Å². The van der Waals surface area contributed by atoms with Crippen LogP contribution in [0.5, 0.6) is 5.75 Å². The zero-order valence-corrected chi connectivity index (χ0v) is 14.0. The molecule has 0 saturated heterocycles. The van der Waals surface area contributed by atoms with Crippen molar-refractivity contribution in [2.75, 3.05) is 0 Å². The number of carboxylic acids is 1. The fraction of sp³-hybridized carbons (Fsp3) is 0.333. The first-order valence-corrected chi connectivity index (χ1v) is 7.59. The molecule has 0 amide bonds. The van der Waals surface area contributed by atoms with Crippen molar-refractivity contribution in [1.29, 1.82) is 0 Å². The van der Waals surface area contributed by atoms with Crippen LogP contribution in [0.1, 0.15) is 20.8 Å². The number of ether oxygens (including phenoxy) is 1. The van der Waals surface area contributed by atoms with Crippen LogP contribution in [0.2, 0.25) is 0 Å². The number of aliphatic hydroxyl groups is 1. The molecule has 0 aromatic heterocycles. The van der Waals surface area contributed by atoms with Gasteiger partial charge in [-0.2, -0.15) is 0 Å². The second-order valence-corrected chi connectivity index (χ2v) is 5.71. The fourth-order valence-corrected chi connectivity index (χ4v) is 1.72. The summed E-state index contributed by atoms with van der Waals surface area (Å²) in [5, 5.41) is 19.3. The van der Waals surface area contributed by atoms with Crippen molar-refractivity contribution in [3.05, 3.63) is 42.5 Å². The number of aliphatic carboxylic acids is 1. The van der Waals surface area contributed by atoms with Crippen molar-refractivity contribution in [2.24, 2.45) is 11.7 Å². The Morgan fingerprint density at radius 2 is 1.62 bits per heavy atom. The predicted molar refractivity (Wildman–Crippen MR) is 91.7 cm³/mol. The average Bonchev–Trinajstić information content (AvgIpc) is 2.54. The van der Waals surface area contributed by atoms with Crippen LogP contribution in [0.25, 0.3) is 10.8 Å². The fourth-order valence-electron chi connectivity index (χ4n) is 1.72. The summed E-state index contributed by atoms with van der Waals surface area (Å²) >= 11 is 0. The normalized spacial score (nSPS) is 12.9. The summed E-state index contributed by atoms with van der Waals surface area (Å²) in [5.74, 6) is -1.10. The van der Waals surface area contributed by atoms with Crippen molar-refractivity contribution in [3.8, 4) is 5.75 Å². The van der Waals surface area contributed by atoms with Gasteiger partial charge in [-0.05, 0) is 35.7 Å². The van der Waals surface area contributed by atoms with Crippen LogP contribution in [0, 0.1) is 5.92 Å². The standard InChI is InChI=1S/C13H12O3.C5H11NO2/c1-9(14)13(15)16-12-7-6-10-4-2-3-5-11(10)8-12;1-3(2)4(6)5(7)8/h2-9,14H,1H3;3-4H,6H2,1-2H3,(H,7,8)/t;4-/m.0/s1.